The summed E-state index contributed by atoms with van der Waals surface area (Å²) < 4.78 is 5.67. The van der Waals surface area contributed by atoms with E-state index >= 15 is 0 Å². The molecular formula is C25H34N4O3. The van der Waals surface area contributed by atoms with Crippen LogP contribution in [0.25, 0.3) is 0 Å². The van der Waals surface area contributed by atoms with E-state index in [0.717, 1.165) is 39.3 Å². The molecule has 172 valence electrons. The summed E-state index contributed by atoms with van der Waals surface area (Å²) in [5, 5.41) is 13.3. The average Bonchev–Trinajstić information content (AvgIpc) is 2.84. The van der Waals surface area contributed by atoms with Gasteiger partial charge in [-0.3, -0.25) is 9.80 Å². The lowest BCUT2D eigenvalue weighted by atomic mass is 10.1. The van der Waals surface area contributed by atoms with Gasteiger partial charge in [-0.2, -0.15) is 0 Å². The van der Waals surface area contributed by atoms with Crippen LogP contribution in [0.4, 0.5) is 4.79 Å². The molecule has 2 atom stereocenters. The quantitative estimate of drug-likeness (QED) is 0.687. The molecule has 0 spiro atoms. The predicted molar refractivity (Wildman–Crippen MR) is 124 cm³/mol. The molecule has 7 heteroatoms. The van der Waals surface area contributed by atoms with Gasteiger partial charge >= 0.3 is 6.09 Å². The number of ether oxygens (including phenoxy) is 1. The highest BCUT2D eigenvalue weighted by molar-refractivity contribution is 5.68. The molecule has 32 heavy (non-hydrogen) atoms. The lowest BCUT2D eigenvalue weighted by Gasteiger charge is -2.40. The van der Waals surface area contributed by atoms with Gasteiger partial charge in [0.25, 0.3) is 0 Å². The van der Waals surface area contributed by atoms with Gasteiger partial charge in [-0.05, 0) is 11.1 Å². The maximum Gasteiger partial charge on any atom is 0.410 e. The minimum atomic E-state index is -0.328. The molecule has 7 nitrogen and oxygen atoms in total. The second kappa shape index (κ2) is 11.4. The summed E-state index contributed by atoms with van der Waals surface area (Å²) in [7, 11) is 0. The molecule has 2 saturated heterocycles. The largest absolute Gasteiger partial charge is 0.448 e. The fourth-order valence-electron chi connectivity index (χ4n) is 4.55. The number of amides is 1. The Morgan fingerprint density at radius 3 is 2.16 bits per heavy atom. The summed E-state index contributed by atoms with van der Waals surface area (Å²) >= 11 is 0. The van der Waals surface area contributed by atoms with Crippen LogP contribution in [0, 0.1) is 0 Å². The first-order chi connectivity index (χ1) is 15.7. The van der Waals surface area contributed by atoms with Gasteiger partial charge in [0.15, 0.2) is 0 Å². The van der Waals surface area contributed by atoms with E-state index in [4.69, 9.17) is 4.74 Å². The lowest BCUT2D eigenvalue weighted by Crippen LogP contribution is -2.57. The maximum atomic E-state index is 12.8. The molecular weight excluding hydrogens is 404 g/mol. The summed E-state index contributed by atoms with van der Waals surface area (Å²) in [6.45, 7) is 6.69. The maximum absolute atomic E-state index is 12.8. The topological polar surface area (TPSA) is 68.3 Å². The summed E-state index contributed by atoms with van der Waals surface area (Å²) in [6.07, 6.45) is -0.328. The van der Waals surface area contributed by atoms with Gasteiger partial charge in [0.05, 0.1) is 18.7 Å². The molecule has 0 radical (unpaired) electrons. The Morgan fingerprint density at radius 2 is 1.53 bits per heavy atom. The molecule has 0 aliphatic carbocycles. The van der Waals surface area contributed by atoms with Crippen molar-refractivity contribution in [3.05, 3.63) is 71.8 Å². The van der Waals surface area contributed by atoms with Crippen LogP contribution in [-0.4, -0.2) is 90.5 Å². The van der Waals surface area contributed by atoms with Crippen molar-refractivity contribution in [2.24, 2.45) is 0 Å². The monoisotopic (exact) mass is 438 g/mol. The molecule has 2 aromatic carbocycles. The Labute approximate surface area is 190 Å². The number of hydrogen-bond donors (Lipinski definition) is 2. The van der Waals surface area contributed by atoms with Crippen LogP contribution >= 0.6 is 0 Å². The van der Waals surface area contributed by atoms with Crippen molar-refractivity contribution in [2.45, 2.75) is 25.2 Å². The zero-order chi connectivity index (χ0) is 22.2. The standard InChI is InChI=1S/C25H34N4O3/c30-19-24-18-28(16-22-9-5-2-6-10-22)13-14-29(24)25(31)32-20-23-17-27(12-11-26-23)15-21-7-3-1-4-8-21/h1-10,23-24,26,30H,11-20H2/t23-,24-/m0/s1. The smallest absolute Gasteiger partial charge is 0.410 e. The summed E-state index contributed by atoms with van der Waals surface area (Å²) in [4.78, 5) is 19.1. The van der Waals surface area contributed by atoms with Crippen LogP contribution in [0.2, 0.25) is 0 Å². The summed E-state index contributed by atoms with van der Waals surface area (Å²) in [5.74, 6) is 0. The van der Waals surface area contributed by atoms with E-state index in [-0.39, 0.29) is 24.8 Å². The van der Waals surface area contributed by atoms with Gasteiger partial charge in [0, 0.05) is 52.4 Å². The van der Waals surface area contributed by atoms with Crippen molar-refractivity contribution in [1.82, 2.24) is 20.0 Å². The van der Waals surface area contributed by atoms with Crippen molar-refractivity contribution < 1.29 is 14.6 Å². The predicted octanol–water partition coefficient (Wildman–Crippen LogP) is 1.78. The number of hydrogen-bond acceptors (Lipinski definition) is 6. The van der Waals surface area contributed by atoms with E-state index in [0.29, 0.717) is 19.7 Å². The highest BCUT2D eigenvalue weighted by Crippen LogP contribution is 2.15. The third kappa shape index (κ3) is 6.29. The zero-order valence-electron chi connectivity index (χ0n) is 18.6. The fraction of sp³-hybridized carbons (Fsp3) is 0.480. The van der Waals surface area contributed by atoms with E-state index in [1.54, 1.807) is 4.90 Å². The number of carbonyl (C=O) groups is 1. The van der Waals surface area contributed by atoms with E-state index in [2.05, 4.69) is 51.5 Å². The normalized spacial score (nSPS) is 22.6. The Kier molecular flexibility index (Phi) is 8.12. The zero-order valence-corrected chi connectivity index (χ0v) is 18.6. The molecule has 1 amide bonds. The van der Waals surface area contributed by atoms with Gasteiger partial charge < -0.3 is 20.1 Å². The van der Waals surface area contributed by atoms with Crippen LogP contribution in [0.1, 0.15) is 11.1 Å². The number of aliphatic hydroxyl groups is 1. The lowest BCUT2D eigenvalue weighted by molar-refractivity contribution is 0.0176. The summed E-state index contributed by atoms with van der Waals surface area (Å²) in [5.41, 5.74) is 2.54. The highest BCUT2D eigenvalue weighted by Gasteiger charge is 2.31. The highest BCUT2D eigenvalue weighted by atomic mass is 16.6. The molecule has 0 aromatic heterocycles. The first-order valence-electron chi connectivity index (χ1n) is 11.5. The molecule has 0 unspecified atom stereocenters. The van der Waals surface area contributed by atoms with Crippen LogP contribution in [-0.2, 0) is 17.8 Å². The average molecular weight is 439 g/mol. The van der Waals surface area contributed by atoms with Crippen LogP contribution in [0.15, 0.2) is 60.7 Å². The molecule has 2 heterocycles. The molecule has 2 N–H and O–H groups in total. The Hall–Kier alpha value is -2.45. The molecule has 2 fully saturated rings. The van der Waals surface area contributed by atoms with Crippen molar-refractivity contribution in [3.8, 4) is 0 Å². The third-order valence-corrected chi connectivity index (χ3v) is 6.26. The molecule has 0 bridgehead atoms. The van der Waals surface area contributed by atoms with Crippen LogP contribution < -0.4 is 5.32 Å². The molecule has 0 saturated carbocycles. The number of carbonyl (C=O) groups excluding carboxylic acids is 1. The van der Waals surface area contributed by atoms with Gasteiger partial charge in [0.2, 0.25) is 0 Å². The van der Waals surface area contributed by atoms with Gasteiger partial charge in [0.1, 0.15) is 6.61 Å². The molecule has 4 rings (SSSR count). The van der Waals surface area contributed by atoms with E-state index in [1.165, 1.54) is 11.1 Å². The number of aliphatic hydroxyl groups excluding tert-OH is 1. The Balaban J connectivity index is 1.23. The van der Waals surface area contributed by atoms with E-state index < -0.39 is 0 Å². The number of nitrogens with one attached hydrogen (secondary N) is 1. The van der Waals surface area contributed by atoms with E-state index in [1.807, 2.05) is 24.3 Å². The number of rotatable bonds is 7. The van der Waals surface area contributed by atoms with Crippen LogP contribution in [0.3, 0.4) is 0 Å². The minimum absolute atomic E-state index is 0.0626. The Bertz CT molecular complexity index is 836. The SMILES string of the molecule is O=C(OC[C@@H]1CN(Cc2ccccc2)CCN1)N1CCN(Cc2ccccc2)C[C@H]1CO. The first-order valence-corrected chi connectivity index (χ1v) is 11.5. The van der Waals surface area contributed by atoms with Gasteiger partial charge in [-0.25, -0.2) is 4.79 Å². The van der Waals surface area contributed by atoms with Gasteiger partial charge in [-0.1, -0.05) is 60.7 Å². The molecule has 2 aliphatic rings. The van der Waals surface area contributed by atoms with Crippen molar-refractivity contribution in [2.75, 3.05) is 52.5 Å². The molecule has 2 aliphatic heterocycles. The van der Waals surface area contributed by atoms with E-state index in [9.17, 15) is 9.90 Å². The summed E-state index contributed by atoms with van der Waals surface area (Å²) in [6, 6.07) is 20.6. The minimum Gasteiger partial charge on any atom is -0.448 e. The van der Waals surface area contributed by atoms with Gasteiger partial charge in [-0.15, -0.1) is 0 Å². The first kappa shape index (κ1) is 22.7. The number of piperazine rings is 2. The van der Waals surface area contributed by atoms with Crippen molar-refractivity contribution in [3.63, 3.8) is 0 Å². The molecule has 2 aromatic rings. The fourth-order valence-corrected chi connectivity index (χ4v) is 4.55. The third-order valence-electron chi connectivity index (χ3n) is 6.26. The van der Waals surface area contributed by atoms with Crippen LogP contribution in [0.5, 0.6) is 0 Å². The second-order valence-electron chi connectivity index (χ2n) is 8.70. The Morgan fingerprint density at radius 1 is 0.906 bits per heavy atom. The number of benzene rings is 2. The second-order valence-corrected chi connectivity index (χ2v) is 8.70. The van der Waals surface area contributed by atoms with Crippen molar-refractivity contribution >= 4 is 6.09 Å². The van der Waals surface area contributed by atoms with Crippen molar-refractivity contribution in [1.29, 1.82) is 0 Å². The number of nitrogens with zero attached hydrogens (tertiary/aromatic N) is 3.